The first-order valence-electron chi connectivity index (χ1n) is 8.76. The number of aromatic nitrogens is 1. The zero-order valence-corrected chi connectivity index (χ0v) is 17.7. The molecule has 0 radical (unpaired) electrons. The molecule has 3 rings (SSSR count). The first-order chi connectivity index (χ1) is 14.3. The standard InChI is InChI=1S/C19H16Cl2F4N4O2/c1-17(8-31-18(2,16(26)29-17)19(23,24)25)11-6-10(3-4-13(11)22)28-15(30)14-12(21)5-9(20)7-27-14/h3-7H,8H2,1-2H3,(H2,26,29)(H,28,30)/t17-,18+/m0/s1. The van der Waals surface area contributed by atoms with Crippen LogP contribution < -0.4 is 11.1 Å². The van der Waals surface area contributed by atoms with Gasteiger partial charge >= 0.3 is 6.18 Å². The Hall–Kier alpha value is -2.43. The van der Waals surface area contributed by atoms with Crippen LogP contribution in [0.2, 0.25) is 10.0 Å². The van der Waals surface area contributed by atoms with Crippen LogP contribution in [0.3, 0.4) is 0 Å². The van der Waals surface area contributed by atoms with Crippen molar-refractivity contribution in [2.75, 3.05) is 11.9 Å². The van der Waals surface area contributed by atoms with Gasteiger partial charge in [0.2, 0.25) is 5.60 Å². The largest absolute Gasteiger partial charge is 0.424 e. The molecule has 2 aromatic rings. The molecule has 12 heteroatoms. The molecule has 2 atom stereocenters. The molecule has 0 bridgehead atoms. The summed E-state index contributed by atoms with van der Waals surface area (Å²) in [4.78, 5) is 20.2. The SMILES string of the molecule is C[C@@]1(c2cc(NC(=O)c3ncc(Cl)cc3Cl)ccc2F)CO[C@@](C)(C(F)(F)F)C(N)=N1. The molecule has 1 aromatic heterocycles. The molecular weight excluding hydrogens is 463 g/mol. The van der Waals surface area contributed by atoms with Crippen molar-refractivity contribution in [2.45, 2.75) is 31.2 Å². The summed E-state index contributed by atoms with van der Waals surface area (Å²) in [7, 11) is 0. The van der Waals surface area contributed by atoms with Gasteiger partial charge in [-0.1, -0.05) is 23.2 Å². The van der Waals surface area contributed by atoms with Crippen LogP contribution in [0.1, 0.15) is 29.9 Å². The quantitative estimate of drug-likeness (QED) is 0.625. The smallest absolute Gasteiger partial charge is 0.385 e. The first kappa shape index (κ1) is 23.2. The fraction of sp³-hybridized carbons (Fsp3) is 0.316. The minimum absolute atomic E-state index is 0.00351. The van der Waals surface area contributed by atoms with Gasteiger partial charge in [-0.05, 0) is 38.1 Å². The minimum atomic E-state index is -4.80. The van der Waals surface area contributed by atoms with Crippen LogP contribution in [0.15, 0.2) is 35.5 Å². The Morgan fingerprint density at radius 3 is 2.52 bits per heavy atom. The van der Waals surface area contributed by atoms with E-state index in [1.807, 2.05) is 0 Å². The number of carbonyl (C=O) groups excluding carboxylic acids is 1. The van der Waals surface area contributed by atoms with Gasteiger partial charge in [0.25, 0.3) is 5.91 Å². The van der Waals surface area contributed by atoms with Crippen LogP contribution in [0.25, 0.3) is 0 Å². The number of aliphatic imine (C=N–C) groups is 1. The highest BCUT2D eigenvalue weighted by Crippen LogP contribution is 2.41. The molecule has 3 N–H and O–H groups in total. The van der Waals surface area contributed by atoms with Crippen molar-refractivity contribution in [3.63, 3.8) is 0 Å². The second-order valence-electron chi connectivity index (χ2n) is 7.22. The average molecular weight is 479 g/mol. The highest BCUT2D eigenvalue weighted by Gasteiger charge is 2.59. The number of amides is 1. The van der Waals surface area contributed by atoms with Gasteiger partial charge in [0, 0.05) is 17.4 Å². The third-order valence-electron chi connectivity index (χ3n) is 4.87. The molecule has 0 unspecified atom stereocenters. The van der Waals surface area contributed by atoms with Crippen molar-refractivity contribution in [3.8, 4) is 0 Å². The first-order valence-corrected chi connectivity index (χ1v) is 9.51. The molecule has 1 aliphatic heterocycles. The molecule has 2 heterocycles. The lowest BCUT2D eigenvalue weighted by Crippen LogP contribution is -2.60. The average Bonchev–Trinajstić information content (AvgIpc) is 2.65. The van der Waals surface area contributed by atoms with Crippen molar-refractivity contribution in [1.29, 1.82) is 0 Å². The lowest BCUT2D eigenvalue weighted by molar-refractivity contribution is -0.249. The lowest BCUT2D eigenvalue weighted by atomic mass is 9.89. The van der Waals surface area contributed by atoms with Gasteiger partial charge in [0.15, 0.2) is 0 Å². The van der Waals surface area contributed by atoms with Crippen LogP contribution in [0, 0.1) is 5.82 Å². The Labute approximate surface area is 184 Å². The zero-order valence-electron chi connectivity index (χ0n) is 16.1. The number of amidine groups is 1. The molecular formula is C19H16Cl2F4N4O2. The topological polar surface area (TPSA) is 89.6 Å². The molecule has 0 saturated carbocycles. The Morgan fingerprint density at radius 2 is 1.94 bits per heavy atom. The van der Waals surface area contributed by atoms with Gasteiger partial charge < -0.3 is 15.8 Å². The maximum absolute atomic E-state index is 14.6. The number of halogens is 6. The van der Waals surface area contributed by atoms with Gasteiger partial charge in [-0.3, -0.25) is 9.79 Å². The number of anilines is 1. The van der Waals surface area contributed by atoms with E-state index in [1.54, 1.807) is 0 Å². The number of hydrogen-bond acceptors (Lipinski definition) is 5. The Bertz CT molecular complexity index is 1080. The second-order valence-corrected chi connectivity index (χ2v) is 8.07. The number of hydrogen-bond donors (Lipinski definition) is 2. The lowest BCUT2D eigenvalue weighted by Gasteiger charge is -2.41. The molecule has 166 valence electrons. The number of carbonyl (C=O) groups is 1. The van der Waals surface area contributed by atoms with E-state index in [-0.39, 0.29) is 27.0 Å². The summed E-state index contributed by atoms with van der Waals surface area (Å²) >= 11 is 11.7. The number of benzene rings is 1. The van der Waals surface area contributed by atoms with E-state index in [1.165, 1.54) is 31.3 Å². The van der Waals surface area contributed by atoms with E-state index in [0.717, 1.165) is 13.0 Å². The number of pyridine rings is 1. The van der Waals surface area contributed by atoms with Crippen LogP contribution >= 0.6 is 23.2 Å². The van der Waals surface area contributed by atoms with Gasteiger partial charge in [0.05, 0.1) is 16.7 Å². The summed E-state index contributed by atoms with van der Waals surface area (Å²) in [5.41, 5.74) is 1.12. The van der Waals surface area contributed by atoms with Crippen LogP contribution in [-0.4, -0.2) is 35.1 Å². The molecule has 0 saturated heterocycles. The van der Waals surface area contributed by atoms with Crippen LogP contribution in [0.5, 0.6) is 0 Å². The van der Waals surface area contributed by atoms with Crippen molar-refractivity contribution in [2.24, 2.45) is 10.7 Å². The van der Waals surface area contributed by atoms with Crippen LogP contribution in [-0.2, 0) is 10.3 Å². The Kier molecular flexibility index (Phi) is 5.94. The van der Waals surface area contributed by atoms with E-state index < -0.39 is 41.5 Å². The van der Waals surface area contributed by atoms with Crippen LogP contribution in [0.4, 0.5) is 23.2 Å². The number of nitrogens with two attached hydrogens (primary N) is 1. The Morgan fingerprint density at radius 1 is 1.26 bits per heavy atom. The number of nitrogens with one attached hydrogen (secondary N) is 1. The fourth-order valence-electron chi connectivity index (χ4n) is 2.92. The third-order valence-corrected chi connectivity index (χ3v) is 5.36. The van der Waals surface area contributed by atoms with Gasteiger partial charge in [-0.15, -0.1) is 0 Å². The van der Waals surface area contributed by atoms with Gasteiger partial charge in [0.1, 0.15) is 22.9 Å². The predicted molar refractivity (Wildman–Crippen MR) is 108 cm³/mol. The summed E-state index contributed by atoms with van der Waals surface area (Å²) in [5.74, 6) is -2.30. The zero-order chi connectivity index (χ0) is 23.2. The molecule has 1 aromatic carbocycles. The summed E-state index contributed by atoms with van der Waals surface area (Å²) in [6.07, 6.45) is -3.57. The van der Waals surface area contributed by atoms with E-state index >= 15 is 0 Å². The highest BCUT2D eigenvalue weighted by atomic mass is 35.5. The summed E-state index contributed by atoms with van der Waals surface area (Å²) in [5, 5.41) is 2.73. The minimum Gasteiger partial charge on any atom is -0.385 e. The van der Waals surface area contributed by atoms with E-state index in [4.69, 9.17) is 33.7 Å². The molecule has 6 nitrogen and oxygen atoms in total. The van der Waals surface area contributed by atoms with E-state index in [0.29, 0.717) is 0 Å². The van der Waals surface area contributed by atoms with Gasteiger partial charge in [-0.2, -0.15) is 13.2 Å². The maximum atomic E-state index is 14.6. The second kappa shape index (κ2) is 7.92. The summed E-state index contributed by atoms with van der Waals surface area (Å²) < 4.78 is 59.5. The Balaban J connectivity index is 1.94. The predicted octanol–water partition coefficient (Wildman–Crippen LogP) is 4.70. The van der Waals surface area contributed by atoms with E-state index in [9.17, 15) is 22.4 Å². The third kappa shape index (κ3) is 4.32. The summed E-state index contributed by atoms with van der Waals surface area (Å²) in [6.45, 7) is 1.53. The number of ether oxygens (including phenoxy) is 1. The van der Waals surface area contributed by atoms with E-state index in [2.05, 4.69) is 15.3 Å². The number of nitrogens with zero attached hydrogens (tertiary/aromatic N) is 2. The van der Waals surface area contributed by atoms with Crippen molar-refractivity contribution >= 4 is 40.6 Å². The summed E-state index contributed by atoms with van der Waals surface area (Å²) in [6, 6.07) is 4.86. The molecule has 0 fully saturated rings. The van der Waals surface area contributed by atoms with Crippen molar-refractivity contribution in [1.82, 2.24) is 4.98 Å². The molecule has 1 amide bonds. The van der Waals surface area contributed by atoms with Crippen molar-refractivity contribution in [3.05, 3.63) is 57.6 Å². The number of alkyl halides is 3. The molecule has 0 aliphatic carbocycles. The number of rotatable bonds is 3. The molecule has 1 aliphatic rings. The van der Waals surface area contributed by atoms with Crippen molar-refractivity contribution < 1.29 is 27.1 Å². The fourth-order valence-corrected chi connectivity index (χ4v) is 3.38. The molecule has 0 spiro atoms. The van der Waals surface area contributed by atoms with Gasteiger partial charge in [-0.25, -0.2) is 9.37 Å². The highest BCUT2D eigenvalue weighted by molar-refractivity contribution is 6.36. The molecule has 31 heavy (non-hydrogen) atoms. The maximum Gasteiger partial charge on any atom is 0.424 e. The monoisotopic (exact) mass is 478 g/mol. The normalized spacial score (nSPS) is 23.9.